The summed E-state index contributed by atoms with van der Waals surface area (Å²) in [5.74, 6) is -0.170. The molecule has 0 radical (unpaired) electrons. The van der Waals surface area contributed by atoms with Gasteiger partial charge in [-0.05, 0) is 70.0 Å². The normalized spacial score (nSPS) is 12.7. The van der Waals surface area contributed by atoms with E-state index in [4.69, 9.17) is 0 Å². The Morgan fingerprint density at radius 2 is 1.90 bits per heavy atom. The zero-order chi connectivity index (χ0) is 15.7. The summed E-state index contributed by atoms with van der Waals surface area (Å²) in [5.41, 5.74) is 5.82. The van der Waals surface area contributed by atoms with Crippen molar-refractivity contribution in [3.8, 4) is 5.69 Å². The Morgan fingerprint density at radius 3 is 2.43 bits per heavy atom. The molecule has 0 fully saturated rings. The Morgan fingerprint density at radius 1 is 1.24 bits per heavy atom. The molecule has 0 amide bonds. The highest BCUT2D eigenvalue weighted by Gasteiger charge is 2.18. The van der Waals surface area contributed by atoms with Gasteiger partial charge < -0.3 is 5.32 Å². The van der Waals surface area contributed by atoms with Crippen molar-refractivity contribution in [2.24, 2.45) is 0 Å². The fourth-order valence-electron chi connectivity index (χ4n) is 2.58. The number of aryl methyl sites for hydroxylation is 2. The third-order valence-electron chi connectivity index (χ3n) is 4.17. The molecule has 0 aliphatic rings. The van der Waals surface area contributed by atoms with E-state index in [0.717, 1.165) is 29.2 Å². The van der Waals surface area contributed by atoms with Crippen LogP contribution in [0, 0.1) is 33.5 Å². The molecule has 0 saturated carbocycles. The smallest absolute Gasteiger partial charge is 0.126 e. The molecule has 21 heavy (non-hydrogen) atoms. The molecule has 0 spiro atoms. The second-order valence-corrected chi connectivity index (χ2v) is 5.65. The number of hydrogen-bond acceptors (Lipinski definition) is 2. The zero-order valence-corrected chi connectivity index (χ0v) is 13.7. The Labute approximate surface area is 126 Å². The van der Waals surface area contributed by atoms with E-state index in [1.54, 1.807) is 13.0 Å². The van der Waals surface area contributed by atoms with Gasteiger partial charge in [0, 0.05) is 11.7 Å². The number of nitrogens with zero attached hydrogens (tertiary/aromatic N) is 2. The monoisotopic (exact) mass is 289 g/mol. The lowest BCUT2D eigenvalue weighted by Crippen LogP contribution is -2.20. The summed E-state index contributed by atoms with van der Waals surface area (Å²) in [7, 11) is 0. The standard InChI is InChI=1S/C17H24FN3/c1-7-19-13(5)15-9-16(18)10(2)8-17(15)21-14(6)11(3)12(4)20-21/h8-9,13,19H,7H2,1-6H3. The maximum absolute atomic E-state index is 14.0. The van der Waals surface area contributed by atoms with Crippen LogP contribution in [0.2, 0.25) is 0 Å². The number of aromatic nitrogens is 2. The van der Waals surface area contributed by atoms with Crippen molar-refractivity contribution in [1.82, 2.24) is 15.1 Å². The van der Waals surface area contributed by atoms with E-state index in [2.05, 4.69) is 31.2 Å². The average Bonchev–Trinajstić information content (AvgIpc) is 2.69. The van der Waals surface area contributed by atoms with Crippen molar-refractivity contribution in [3.05, 3.63) is 46.0 Å². The van der Waals surface area contributed by atoms with Crippen molar-refractivity contribution in [2.75, 3.05) is 6.54 Å². The third kappa shape index (κ3) is 2.86. The minimum Gasteiger partial charge on any atom is -0.310 e. The molecule has 1 aromatic heterocycles. The summed E-state index contributed by atoms with van der Waals surface area (Å²) >= 11 is 0. The van der Waals surface area contributed by atoms with Crippen molar-refractivity contribution in [1.29, 1.82) is 0 Å². The van der Waals surface area contributed by atoms with Crippen LogP contribution in [-0.4, -0.2) is 16.3 Å². The molecule has 1 N–H and O–H groups in total. The Balaban J connectivity index is 2.66. The minimum atomic E-state index is -0.170. The molecule has 0 saturated heterocycles. The molecule has 0 aliphatic heterocycles. The Hall–Kier alpha value is -1.68. The number of nitrogens with one attached hydrogen (secondary N) is 1. The van der Waals surface area contributed by atoms with E-state index in [-0.39, 0.29) is 11.9 Å². The molecule has 2 aromatic rings. The van der Waals surface area contributed by atoms with Crippen LogP contribution in [0.3, 0.4) is 0 Å². The fraction of sp³-hybridized carbons (Fsp3) is 0.471. The van der Waals surface area contributed by atoms with Crippen LogP contribution < -0.4 is 5.32 Å². The lowest BCUT2D eigenvalue weighted by molar-refractivity contribution is 0.574. The maximum atomic E-state index is 14.0. The van der Waals surface area contributed by atoms with E-state index < -0.39 is 0 Å². The minimum absolute atomic E-state index is 0.0734. The molecule has 1 unspecified atom stereocenters. The second kappa shape index (κ2) is 5.98. The van der Waals surface area contributed by atoms with E-state index in [0.29, 0.717) is 5.56 Å². The highest BCUT2D eigenvalue weighted by molar-refractivity contribution is 5.47. The summed E-state index contributed by atoms with van der Waals surface area (Å²) in [6.07, 6.45) is 0. The molecule has 1 atom stereocenters. The second-order valence-electron chi connectivity index (χ2n) is 5.65. The third-order valence-corrected chi connectivity index (χ3v) is 4.17. The quantitative estimate of drug-likeness (QED) is 0.924. The molecule has 0 bridgehead atoms. The molecule has 3 nitrogen and oxygen atoms in total. The van der Waals surface area contributed by atoms with Crippen LogP contribution in [0.25, 0.3) is 5.69 Å². The fourth-order valence-corrected chi connectivity index (χ4v) is 2.58. The molecular formula is C17H24FN3. The first-order chi connectivity index (χ1) is 9.86. The largest absolute Gasteiger partial charge is 0.310 e. The van der Waals surface area contributed by atoms with Gasteiger partial charge in [-0.25, -0.2) is 9.07 Å². The molecule has 0 aliphatic carbocycles. The van der Waals surface area contributed by atoms with E-state index >= 15 is 0 Å². The van der Waals surface area contributed by atoms with Gasteiger partial charge in [0.15, 0.2) is 0 Å². The topological polar surface area (TPSA) is 29.9 Å². The van der Waals surface area contributed by atoms with Gasteiger partial charge in [0.05, 0.1) is 11.4 Å². The van der Waals surface area contributed by atoms with E-state index in [9.17, 15) is 4.39 Å². The first kappa shape index (κ1) is 15.7. The van der Waals surface area contributed by atoms with Gasteiger partial charge in [0.25, 0.3) is 0 Å². The number of benzene rings is 1. The first-order valence-corrected chi connectivity index (χ1v) is 7.43. The van der Waals surface area contributed by atoms with Crippen LogP contribution in [0.4, 0.5) is 4.39 Å². The van der Waals surface area contributed by atoms with Gasteiger partial charge in [0.1, 0.15) is 5.82 Å². The van der Waals surface area contributed by atoms with E-state index in [1.807, 2.05) is 24.6 Å². The summed E-state index contributed by atoms with van der Waals surface area (Å²) < 4.78 is 15.9. The van der Waals surface area contributed by atoms with Crippen molar-refractivity contribution < 1.29 is 4.39 Å². The van der Waals surface area contributed by atoms with Gasteiger partial charge >= 0.3 is 0 Å². The number of halogens is 1. The number of rotatable bonds is 4. The summed E-state index contributed by atoms with van der Waals surface area (Å²) in [5, 5.41) is 7.97. The van der Waals surface area contributed by atoms with Gasteiger partial charge in [-0.1, -0.05) is 6.92 Å². The van der Waals surface area contributed by atoms with E-state index in [1.165, 1.54) is 5.56 Å². The van der Waals surface area contributed by atoms with Gasteiger partial charge in [-0.2, -0.15) is 5.10 Å². The lowest BCUT2D eigenvalue weighted by Gasteiger charge is -2.19. The van der Waals surface area contributed by atoms with Crippen molar-refractivity contribution in [3.63, 3.8) is 0 Å². The predicted octanol–water partition coefficient (Wildman–Crippen LogP) is 3.92. The number of hydrogen-bond donors (Lipinski definition) is 1. The molecule has 4 heteroatoms. The highest BCUT2D eigenvalue weighted by Crippen LogP contribution is 2.27. The molecule has 114 valence electrons. The Kier molecular flexibility index (Phi) is 4.47. The Bertz CT molecular complexity index is 659. The van der Waals surface area contributed by atoms with Crippen molar-refractivity contribution in [2.45, 2.75) is 47.6 Å². The maximum Gasteiger partial charge on any atom is 0.126 e. The highest BCUT2D eigenvalue weighted by atomic mass is 19.1. The molecule has 1 aromatic carbocycles. The van der Waals surface area contributed by atoms with Crippen LogP contribution in [0.1, 0.15) is 48.0 Å². The zero-order valence-electron chi connectivity index (χ0n) is 13.7. The van der Waals surface area contributed by atoms with Gasteiger partial charge in [-0.3, -0.25) is 0 Å². The van der Waals surface area contributed by atoms with Gasteiger partial charge in [-0.15, -0.1) is 0 Å². The van der Waals surface area contributed by atoms with Crippen LogP contribution in [0.15, 0.2) is 12.1 Å². The summed E-state index contributed by atoms with van der Waals surface area (Å²) in [6.45, 7) is 12.9. The predicted molar refractivity (Wildman–Crippen MR) is 84.6 cm³/mol. The van der Waals surface area contributed by atoms with Crippen LogP contribution >= 0.6 is 0 Å². The average molecular weight is 289 g/mol. The molecule has 2 rings (SSSR count). The van der Waals surface area contributed by atoms with Crippen LogP contribution in [-0.2, 0) is 0 Å². The summed E-state index contributed by atoms with van der Waals surface area (Å²) in [6, 6.07) is 3.59. The van der Waals surface area contributed by atoms with Gasteiger partial charge in [0.2, 0.25) is 0 Å². The summed E-state index contributed by atoms with van der Waals surface area (Å²) in [4.78, 5) is 0. The molecule has 1 heterocycles. The lowest BCUT2D eigenvalue weighted by atomic mass is 10.0. The van der Waals surface area contributed by atoms with Crippen LogP contribution in [0.5, 0.6) is 0 Å². The molecular weight excluding hydrogens is 265 g/mol. The van der Waals surface area contributed by atoms with Crippen molar-refractivity contribution >= 4 is 0 Å². The SMILES string of the molecule is CCNC(C)c1cc(F)c(C)cc1-n1nc(C)c(C)c1C. The first-order valence-electron chi connectivity index (χ1n) is 7.43.